The highest BCUT2D eigenvalue weighted by Gasteiger charge is 2.60. The van der Waals surface area contributed by atoms with E-state index in [1.807, 2.05) is 17.9 Å². The van der Waals surface area contributed by atoms with Gasteiger partial charge in [0.15, 0.2) is 0 Å². The van der Waals surface area contributed by atoms with E-state index in [9.17, 15) is 24.5 Å². The fourth-order valence-electron chi connectivity index (χ4n) is 4.78. The van der Waals surface area contributed by atoms with Gasteiger partial charge >= 0.3 is 13.1 Å². The van der Waals surface area contributed by atoms with Crippen LogP contribution in [0.15, 0.2) is 12.1 Å². The molecule has 0 bridgehead atoms. The second-order valence-electron chi connectivity index (χ2n) is 9.50. The van der Waals surface area contributed by atoms with Gasteiger partial charge in [-0.3, -0.25) is 14.5 Å². The van der Waals surface area contributed by atoms with Gasteiger partial charge in [-0.05, 0) is 23.5 Å². The number of likely N-dealkylation sites (tertiary alicyclic amines) is 1. The topological polar surface area (TPSA) is 129 Å². The zero-order chi connectivity index (χ0) is 24.0. The SMILES string of the molecule is CC1C2B(O)Oc3c(ccc(OC4CN(C[C@H](C)C(=O)NCC(=O)N(C)C)C4)c3C(=O)O)C12. The van der Waals surface area contributed by atoms with Crippen LogP contribution in [0.3, 0.4) is 0 Å². The standard InChI is InChI=1S/C22H30BN3O7/c1-11(21(28)24-7-16(27)25(3)4)8-26-9-13(10-26)32-15-6-5-14-17-12(2)19(17)23(31)33-20(14)18(15)22(29)30/h5-6,11-13,17,19,31H,7-10H2,1-4H3,(H,24,28)(H,29,30)/t11-,12?,17?,19?/m0/s1. The van der Waals surface area contributed by atoms with Gasteiger partial charge in [-0.1, -0.05) is 19.9 Å². The quantitative estimate of drug-likeness (QED) is 0.473. The van der Waals surface area contributed by atoms with E-state index in [4.69, 9.17) is 9.39 Å². The predicted molar refractivity (Wildman–Crippen MR) is 119 cm³/mol. The van der Waals surface area contributed by atoms with Crippen LogP contribution in [0.2, 0.25) is 5.82 Å². The molecule has 1 saturated carbocycles. The zero-order valence-corrected chi connectivity index (χ0v) is 19.3. The van der Waals surface area contributed by atoms with Crippen LogP contribution in [0.5, 0.6) is 11.5 Å². The molecule has 0 aromatic heterocycles. The molecule has 1 saturated heterocycles. The molecule has 3 unspecified atom stereocenters. The molecule has 4 atom stereocenters. The van der Waals surface area contributed by atoms with E-state index in [1.54, 1.807) is 27.1 Å². The van der Waals surface area contributed by atoms with E-state index in [0.29, 0.717) is 19.6 Å². The van der Waals surface area contributed by atoms with E-state index < -0.39 is 13.1 Å². The van der Waals surface area contributed by atoms with Gasteiger partial charge in [0, 0.05) is 45.5 Å². The van der Waals surface area contributed by atoms with Gasteiger partial charge in [-0.2, -0.15) is 0 Å². The van der Waals surface area contributed by atoms with Gasteiger partial charge in [0.2, 0.25) is 11.8 Å². The molecule has 1 aromatic carbocycles. The number of carboxylic acid groups (broad SMARTS) is 1. The number of carboxylic acids is 1. The highest BCUT2D eigenvalue weighted by molar-refractivity contribution is 6.48. The number of aromatic carboxylic acids is 1. The monoisotopic (exact) mass is 459 g/mol. The Bertz CT molecular complexity index is 966. The predicted octanol–water partition coefficient (Wildman–Crippen LogP) is 0.265. The molecular weight excluding hydrogens is 429 g/mol. The van der Waals surface area contributed by atoms with Crippen molar-refractivity contribution in [3.05, 3.63) is 23.3 Å². The molecular formula is C22H30BN3O7. The van der Waals surface area contributed by atoms with Crippen molar-refractivity contribution in [3.8, 4) is 11.5 Å². The smallest absolute Gasteiger partial charge is 0.526 e. The molecule has 33 heavy (non-hydrogen) atoms. The molecule has 178 valence electrons. The number of carbonyl (C=O) groups excluding carboxylic acids is 2. The minimum absolute atomic E-state index is 0.00583. The molecule has 4 rings (SSSR count). The van der Waals surface area contributed by atoms with Crippen molar-refractivity contribution < 1.29 is 33.9 Å². The van der Waals surface area contributed by atoms with E-state index >= 15 is 0 Å². The highest BCUT2D eigenvalue weighted by Crippen LogP contribution is 2.65. The third-order valence-electron chi connectivity index (χ3n) is 6.85. The van der Waals surface area contributed by atoms with Gasteiger partial charge in [-0.25, -0.2) is 4.79 Å². The Morgan fingerprint density at radius 3 is 2.67 bits per heavy atom. The lowest BCUT2D eigenvalue weighted by Crippen LogP contribution is -2.56. The molecule has 11 heteroatoms. The molecule has 3 aliphatic rings. The first kappa shape index (κ1) is 23.4. The lowest BCUT2D eigenvalue weighted by Gasteiger charge is -2.40. The molecule has 0 radical (unpaired) electrons. The van der Waals surface area contributed by atoms with Gasteiger partial charge in [0.25, 0.3) is 0 Å². The summed E-state index contributed by atoms with van der Waals surface area (Å²) in [5.74, 6) is -1.05. The molecule has 1 aliphatic carbocycles. The summed E-state index contributed by atoms with van der Waals surface area (Å²) in [4.78, 5) is 39.3. The Labute approximate surface area is 193 Å². The summed E-state index contributed by atoms with van der Waals surface area (Å²) in [7, 11) is 2.26. The van der Waals surface area contributed by atoms with E-state index in [-0.39, 0.29) is 65.1 Å². The summed E-state index contributed by atoms with van der Waals surface area (Å²) >= 11 is 0. The molecule has 2 aliphatic heterocycles. The number of nitrogens with zero attached hydrogens (tertiary/aromatic N) is 2. The first-order valence-electron chi connectivity index (χ1n) is 11.2. The molecule has 10 nitrogen and oxygen atoms in total. The summed E-state index contributed by atoms with van der Waals surface area (Å²) in [6.45, 7) is 5.39. The van der Waals surface area contributed by atoms with Crippen molar-refractivity contribution in [2.24, 2.45) is 11.8 Å². The number of rotatable bonds is 8. The van der Waals surface area contributed by atoms with E-state index in [0.717, 1.165) is 5.56 Å². The Morgan fingerprint density at radius 2 is 2.03 bits per heavy atom. The first-order chi connectivity index (χ1) is 15.6. The summed E-state index contributed by atoms with van der Waals surface area (Å²) in [5.41, 5.74) is 0.756. The number of fused-ring (bicyclic) bond motifs is 3. The lowest BCUT2D eigenvalue weighted by atomic mass is 9.76. The maximum absolute atomic E-state index is 12.2. The third-order valence-corrected chi connectivity index (χ3v) is 6.85. The second-order valence-corrected chi connectivity index (χ2v) is 9.50. The summed E-state index contributed by atoms with van der Waals surface area (Å²) in [6, 6.07) is 3.51. The number of likely N-dealkylation sites (N-methyl/N-ethyl adjacent to an activating group) is 1. The Balaban J connectivity index is 1.33. The van der Waals surface area contributed by atoms with E-state index in [2.05, 4.69) is 5.32 Å². The average Bonchev–Trinajstić information content (AvgIpc) is 3.41. The maximum atomic E-state index is 12.2. The number of carbonyl (C=O) groups is 3. The molecule has 0 spiro atoms. The normalized spacial score (nSPS) is 24.5. The summed E-state index contributed by atoms with van der Waals surface area (Å²) in [5, 5.41) is 22.7. The Hall–Kier alpha value is -2.79. The molecule has 2 amide bonds. The number of benzene rings is 1. The number of amides is 2. The maximum Gasteiger partial charge on any atom is 0.526 e. The minimum atomic E-state index is -1.16. The van der Waals surface area contributed by atoms with Crippen molar-refractivity contribution in [1.82, 2.24) is 15.1 Å². The average molecular weight is 459 g/mol. The van der Waals surface area contributed by atoms with Crippen LogP contribution >= 0.6 is 0 Å². The van der Waals surface area contributed by atoms with Crippen LogP contribution in [0.4, 0.5) is 0 Å². The van der Waals surface area contributed by atoms with Crippen molar-refractivity contribution in [2.75, 3.05) is 40.3 Å². The van der Waals surface area contributed by atoms with Crippen LogP contribution in [0.25, 0.3) is 0 Å². The van der Waals surface area contributed by atoms with Crippen molar-refractivity contribution >= 4 is 24.9 Å². The Morgan fingerprint density at radius 1 is 1.33 bits per heavy atom. The highest BCUT2D eigenvalue weighted by atomic mass is 16.5. The van der Waals surface area contributed by atoms with Gasteiger partial charge in [0.1, 0.15) is 23.2 Å². The van der Waals surface area contributed by atoms with Crippen LogP contribution in [-0.4, -0.2) is 91.2 Å². The summed E-state index contributed by atoms with van der Waals surface area (Å²) < 4.78 is 11.6. The van der Waals surface area contributed by atoms with Crippen LogP contribution < -0.4 is 14.7 Å². The molecule has 2 fully saturated rings. The minimum Gasteiger partial charge on any atom is -0.535 e. The van der Waals surface area contributed by atoms with Gasteiger partial charge in [-0.15, -0.1) is 0 Å². The summed E-state index contributed by atoms with van der Waals surface area (Å²) in [6.07, 6.45) is -0.215. The van der Waals surface area contributed by atoms with Crippen molar-refractivity contribution in [2.45, 2.75) is 31.7 Å². The molecule has 3 N–H and O–H groups in total. The van der Waals surface area contributed by atoms with Crippen molar-refractivity contribution in [3.63, 3.8) is 0 Å². The lowest BCUT2D eigenvalue weighted by molar-refractivity contribution is -0.132. The number of ether oxygens (including phenoxy) is 1. The second kappa shape index (κ2) is 8.87. The number of hydrogen-bond acceptors (Lipinski definition) is 7. The Kier molecular flexibility index (Phi) is 6.28. The largest absolute Gasteiger partial charge is 0.535 e. The van der Waals surface area contributed by atoms with Gasteiger partial charge < -0.3 is 29.7 Å². The van der Waals surface area contributed by atoms with Crippen molar-refractivity contribution in [1.29, 1.82) is 0 Å². The molecule has 1 aromatic rings. The molecule has 2 heterocycles. The zero-order valence-electron chi connectivity index (χ0n) is 19.3. The number of nitrogens with one attached hydrogen (secondary N) is 1. The van der Waals surface area contributed by atoms with Crippen LogP contribution in [0, 0.1) is 11.8 Å². The van der Waals surface area contributed by atoms with Crippen LogP contribution in [-0.2, 0) is 9.59 Å². The first-order valence-corrected chi connectivity index (χ1v) is 11.2. The van der Waals surface area contributed by atoms with Gasteiger partial charge in [0.05, 0.1) is 6.54 Å². The fraction of sp³-hybridized carbons (Fsp3) is 0.591. The fourth-order valence-corrected chi connectivity index (χ4v) is 4.78. The van der Waals surface area contributed by atoms with E-state index in [1.165, 1.54) is 4.90 Å². The van der Waals surface area contributed by atoms with Crippen LogP contribution in [0.1, 0.15) is 35.7 Å². The number of hydrogen-bond donors (Lipinski definition) is 3. The third kappa shape index (κ3) is 4.52.